The summed E-state index contributed by atoms with van der Waals surface area (Å²) in [5.74, 6) is 0.379. The third kappa shape index (κ3) is 9.09. The summed E-state index contributed by atoms with van der Waals surface area (Å²) in [6.07, 6.45) is 13.7. The summed E-state index contributed by atoms with van der Waals surface area (Å²) in [5, 5.41) is 11.2. The fourth-order valence-electron chi connectivity index (χ4n) is 5.09. The molecular formula is C34H52O2. The van der Waals surface area contributed by atoms with Crippen LogP contribution >= 0.6 is 0 Å². The van der Waals surface area contributed by atoms with Gasteiger partial charge in [0, 0.05) is 11.5 Å². The molecule has 200 valence electrons. The molecule has 0 heterocycles. The number of hydrogen-bond donors (Lipinski definition) is 1. The van der Waals surface area contributed by atoms with Crippen LogP contribution in [0.15, 0.2) is 42.5 Å². The minimum atomic E-state index is -0.211. The van der Waals surface area contributed by atoms with Crippen LogP contribution in [0.1, 0.15) is 152 Å². The Bertz CT molecular complexity index is 893. The lowest BCUT2D eigenvalue weighted by Gasteiger charge is -2.30. The quantitative estimate of drug-likeness (QED) is 0.210. The molecular weight excluding hydrogens is 440 g/mol. The molecule has 2 rings (SSSR count). The van der Waals surface area contributed by atoms with Crippen molar-refractivity contribution in [2.24, 2.45) is 0 Å². The molecule has 0 saturated carbocycles. The van der Waals surface area contributed by atoms with Crippen molar-refractivity contribution >= 4 is 5.78 Å². The lowest BCUT2D eigenvalue weighted by Crippen LogP contribution is -2.20. The number of benzene rings is 2. The fraction of sp³-hybridized carbons (Fsp3) is 0.618. The molecule has 0 bridgehead atoms. The summed E-state index contributed by atoms with van der Waals surface area (Å²) in [6.45, 7) is 15.1. The van der Waals surface area contributed by atoms with Gasteiger partial charge in [-0.2, -0.15) is 0 Å². The second-order valence-electron chi connectivity index (χ2n) is 12.7. The zero-order valence-electron chi connectivity index (χ0n) is 24.3. The van der Waals surface area contributed by atoms with Gasteiger partial charge < -0.3 is 5.11 Å². The van der Waals surface area contributed by atoms with Gasteiger partial charge in [-0.3, -0.25) is 4.79 Å². The van der Waals surface area contributed by atoms with Crippen LogP contribution in [-0.4, -0.2) is 10.9 Å². The van der Waals surface area contributed by atoms with Crippen molar-refractivity contribution in [3.05, 3.63) is 64.7 Å². The first-order chi connectivity index (χ1) is 17.0. The van der Waals surface area contributed by atoms with Crippen LogP contribution in [0.5, 0.6) is 5.75 Å². The number of aromatic hydroxyl groups is 1. The van der Waals surface area contributed by atoms with Crippen molar-refractivity contribution < 1.29 is 9.90 Å². The zero-order valence-corrected chi connectivity index (χ0v) is 24.3. The Morgan fingerprint density at radius 2 is 1.17 bits per heavy atom. The molecule has 1 atom stereocenters. The number of rotatable bonds is 14. The first-order valence-corrected chi connectivity index (χ1v) is 14.4. The van der Waals surface area contributed by atoms with E-state index in [1.54, 1.807) is 0 Å². The van der Waals surface area contributed by atoms with Crippen LogP contribution < -0.4 is 0 Å². The van der Waals surface area contributed by atoms with Crippen molar-refractivity contribution in [2.45, 2.75) is 136 Å². The summed E-state index contributed by atoms with van der Waals surface area (Å²) < 4.78 is 0. The first kappa shape index (κ1) is 30.1. The van der Waals surface area contributed by atoms with Gasteiger partial charge in [0.1, 0.15) is 5.75 Å². The summed E-state index contributed by atoms with van der Waals surface area (Å²) in [7, 11) is 0. The molecule has 36 heavy (non-hydrogen) atoms. The first-order valence-electron chi connectivity index (χ1n) is 14.4. The molecule has 1 N–H and O–H groups in total. The number of carbonyl (C=O) groups excluding carboxylic acids is 1. The third-order valence-corrected chi connectivity index (χ3v) is 7.37. The Balaban J connectivity index is 2.23. The van der Waals surface area contributed by atoms with Crippen LogP contribution in [0.3, 0.4) is 0 Å². The topological polar surface area (TPSA) is 37.3 Å². The summed E-state index contributed by atoms with van der Waals surface area (Å²) in [5.41, 5.74) is 3.26. The molecule has 2 aromatic rings. The predicted octanol–water partition coefficient (Wildman–Crippen LogP) is 10.3. The molecule has 2 aromatic carbocycles. The maximum atomic E-state index is 13.8. The van der Waals surface area contributed by atoms with E-state index in [9.17, 15) is 9.90 Å². The number of hydrogen-bond acceptors (Lipinski definition) is 2. The molecule has 2 heteroatoms. The molecule has 0 radical (unpaired) electrons. The van der Waals surface area contributed by atoms with E-state index in [1.807, 2.05) is 30.3 Å². The summed E-state index contributed by atoms with van der Waals surface area (Å²) >= 11 is 0. The van der Waals surface area contributed by atoms with E-state index < -0.39 is 0 Å². The number of phenols is 1. The van der Waals surface area contributed by atoms with Gasteiger partial charge in [-0.1, -0.05) is 155 Å². The highest BCUT2D eigenvalue weighted by molar-refractivity contribution is 6.01. The Hall–Kier alpha value is -2.09. The van der Waals surface area contributed by atoms with Crippen LogP contribution in [-0.2, 0) is 10.8 Å². The Morgan fingerprint density at radius 3 is 1.61 bits per heavy atom. The van der Waals surface area contributed by atoms with Crippen molar-refractivity contribution in [1.82, 2.24) is 0 Å². The minimum Gasteiger partial charge on any atom is -0.507 e. The zero-order chi connectivity index (χ0) is 26.8. The van der Waals surface area contributed by atoms with Gasteiger partial charge in [0.05, 0.1) is 0 Å². The molecule has 0 aromatic heterocycles. The van der Waals surface area contributed by atoms with Crippen LogP contribution in [0.2, 0.25) is 0 Å². The second-order valence-corrected chi connectivity index (χ2v) is 12.7. The Kier molecular flexibility index (Phi) is 11.7. The maximum absolute atomic E-state index is 13.8. The number of ketones is 1. The van der Waals surface area contributed by atoms with E-state index >= 15 is 0 Å². The van der Waals surface area contributed by atoms with Gasteiger partial charge in [0.2, 0.25) is 0 Å². The molecule has 0 fully saturated rings. The van der Waals surface area contributed by atoms with Crippen LogP contribution in [0.25, 0.3) is 0 Å². The normalized spacial score (nSPS) is 13.1. The number of phenolic OH excluding ortho intramolecular Hbond substituents is 1. The molecule has 0 aliphatic rings. The van der Waals surface area contributed by atoms with Gasteiger partial charge in [0.25, 0.3) is 0 Å². The predicted molar refractivity (Wildman–Crippen MR) is 155 cm³/mol. The van der Waals surface area contributed by atoms with Crippen molar-refractivity contribution in [1.29, 1.82) is 0 Å². The van der Waals surface area contributed by atoms with Crippen molar-refractivity contribution in [2.75, 3.05) is 0 Å². The smallest absolute Gasteiger partial charge is 0.170 e. The Labute approximate surface area is 221 Å². The van der Waals surface area contributed by atoms with Crippen LogP contribution in [0.4, 0.5) is 0 Å². The molecule has 2 nitrogen and oxygen atoms in total. The van der Waals surface area contributed by atoms with E-state index in [0.717, 1.165) is 35.1 Å². The monoisotopic (exact) mass is 492 g/mol. The second kappa shape index (κ2) is 14.0. The largest absolute Gasteiger partial charge is 0.507 e. The highest BCUT2D eigenvalue weighted by Crippen LogP contribution is 2.42. The van der Waals surface area contributed by atoms with Gasteiger partial charge in [-0.15, -0.1) is 0 Å². The maximum Gasteiger partial charge on any atom is 0.170 e. The average Bonchev–Trinajstić information content (AvgIpc) is 2.82. The molecule has 0 spiro atoms. The van der Waals surface area contributed by atoms with E-state index in [0.29, 0.717) is 5.75 Å². The molecule has 0 aliphatic heterocycles. The molecule has 0 saturated heterocycles. The highest BCUT2D eigenvalue weighted by atomic mass is 16.3. The van der Waals surface area contributed by atoms with E-state index in [1.165, 1.54) is 57.8 Å². The highest BCUT2D eigenvalue weighted by Gasteiger charge is 2.30. The minimum absolute atomic E-state index is 0.191. The van der Waals surface area contributed by atoms with Gasteiger partial charge in [-0.25, -0.2) is 0 Å². The molecule has 0 amide bonds. The van der Waals surface area contributed by atoms with Gasteiger partial charge >= 0.3 is 0 Å². The SMILES string of the molecule is CCCCCCCCCCCCC(C(=O)c1ccccc1)c1cc(C(C)(C)C)c(O)c(C(C)(C)C)c1. The number of Topliss-reactive ketones (excluding diaryl/α,β-unsaturated/α-hetero) is 1. The van der Waals surface area contributed by atoms with E-state index in [-0.39, 0.29) is 22.5 Å². The standard InChI is InChI=1S/C34H52O2/c1-8-9-10-11-12-13-14-15-16-20-23-28(31(35)26-21-18-17-19-22-26)27-24-29(33(2,3)4)32(36)30(25-27)34(5,6)7/h17-19,21-22,24-25,28,36H,8-16,20,23H2,1-7H3. The van der Waals surface area contributed by atoms with E-state index in [2.05, 4.69) is 60.6 Å². The van der Waals surface area contributed by atoms with Crippen molar-refractivity contribution in [3.63, 3.8) is 0 Å². The Morgan fingerprint density at radius 1 is 0.722 bits per heavy atom. The molecule has 0 aliphatic carbocycles. The number of unbranched alkanes of at least 4 members (excludes halogenated alkanes) is 9. The lowest BCUT2D eigenvalue weighted by molar-refractivity contribution is 0.0953. The summed E-state index contributed by atoms with van der Waals surface area (Å²) in [6, 6.07) is 13.9. The van der Waals surface area contributed by atoms with Crippen LogP contribution in [0, 0.1) is 0 Å². The summed E-state index contributed by atoms with van der Waals surface area (Å²) in [4.78, 5) is 13.8. The van der Waals surface area contributed by atoms with Crippen molar-refractivity contribution in [3.8, 4) is 5.75 Å². The fourth-order valence-corrected chi connectivity index (χ4v) is 5.09. The molecule has 1 unspecified atom stereocenters. The van der Waals surface area contributed by atoms with Gasteiger partial charge in [0.15, 0.2) is 5.78 Å². The third-order valence-electron chi connectivity index (χ3n) is 7.37. The van der Waals surface area contributed by atoms with E-state index in [4.69, 9.17) is 0 Å². The number of carbonyl (C=O) groups is 1. The average molecular weight is 493 g/mol. The lowest BCUT2D eigenvalue weighted by atomic mass is 9.75. The van der Waals surface area contributed by atoms with Gasteiger partial charge in [-0.05, 0) is 33.9 Å².